The number of methoxy groups -OCH3 is 1. The molecule has 0 radical (unpaired) electrons. The molecule has 0 bridgehead atoms. The van der Waals surface area contributed by atoms with Crippen molar-refractivity contribution >= 4 is 11.9 Å². The minimum atomic E-state index is -0.900. The van der Waals surface area contributed by atoms with E-state index in [-0.39, 0.29) is 12.3 Å². The molecule has 21 heavy (non-hydrogen) atoms. The van der Waals surface area contributed by atoms with Gasteiger partial charge in [0.05, 0.1) is 13.0 Å². The molecule has 2 aliphatic rings. The fourth-order valence-electron chi connectivity index (χ4n) is 3.50. The Hall–Kier alpha value is -1.14. The van der Waals surface area contributed by atoms with Crippen molar-refractivity contribution in [3.05, 3.63) is 0 Å². The van der Waals surface area contributed by atoms with Crippen molar-refractivity contribution in [2.75, 3.05) is 33.4 Å². The second-order valence-electron chi connectivity index (χ2n) is 5.96. The van der Waals surface area contributed by atoms with Crippen LogP contribution in [0.1, 0.15) is 38.5 Å². The van der Waals surface area contributed by atoms with Crippen LogP contribution in [0, 0.1) is 0 Å². The average molecular weight is 298 g/mol. The summed E-state index contributed by atoms with van der Waals surface area (Å²) in [6.07, 6.45) is 5.69. The zero-order valence-corrected chi connectivity index (χ0v) is 12.8. The molecule has 1 unspecified atom stereocenters. The van der Waals surface area contributed by atoms with Gasteiger partial charge in [-0.3, -0.25) is 14.5 Å². The van der Waals surface area contributed by atoms with E-state index in [1.165, 1.54) is 19.3 Å². The quantitative estimate of drug-likeness (QED) is 0.790. The molecule has 1 aliphatic carbocycles. The molecule has 2 rings (SSSR count). The second kappa shape index (κ2) is 7.75. The summed E-state index contributed by atoms with van der Waals surface area (Å²) in [6.45, 7) is 2.49. The largest absolute Gasteiger partial charge is 0.481 e. The minimum Gasteiger partial charge on any atom is -0.481 e. The van der Waals surface area contributed by atoms with Crippen LogP contribution in [0.3, 0.4) is 0 Å². The molecule has 0 aromatic rings. The van der Waals surface area contributed by atoms with E-state index in [1.54, 1.807) is 12.0 Å². The van der Waals surface area contributed by atoms with E-state index in [1.807, 2.05) is 0 Å². The zero-order chi connectivity index (χ0) is 15.2. The van der Waals surface area contributed by atoms with Crippen molar-refractivity contribution in [1.82, 2.24) is 9.80 Å². The number of carboxylic acid groups (broad SMARTS) is 1. The Kier molecular flexibility index (Phi) is 5.99. The number of nitrogens with zero attached hydrogens (tertiary/aromatic N) is 2. The van der Waals surface area contributed by atoms with Gasteiger partial charge in [0.2, 0.25) is 5.91 Å². The number of carbonyl (C=O) groups is 2. The maximum absolute atomic E-state index is 12.6. The van der Waals surface area contributed by atoms with Crippen LogP contribution in [-0.4, -0.2) is 72.2 Å². The Morgan fingerprint density at radius 2 is 2.00 bits per heavy atom. The Bertz CT molecular complexity index is 369. The topological polar surface area (TPSA) is 70.1 Å². The molecule has 1 heterocycles. The number of carbonyl (C=O) groups excluding carboxylic acids is 1. The van der Waals surface area contributed by atoms with Gasteiger partial charge in [-0.25, -0.2) is 0 Å². The average Bonchev–Trinajstić information content (AvgIpc) is 2.48. The summed E-state index contributed by atoms with van der Waals surface area (Å²) in [5.41, 5.74) is 0. The van der Waals surface area contributed by atoms with Gasteiger partial charge in [0.15, 0.2) is 0 Å². The highest BCUT2D eigenvalue weighted by atomic mass is 16.5. The summed E-state index contributed by atoms with van der Waals surface area (Å²) in [5.74, 6) is -0.950. The Morgan fingerprint density at radius 1 is 1.29 bits per heavy atom. The zero-order valence-electron chi connectivity index (χ0n) is 12.8. The summed E-state index contributed by atoms with van der Waals surface area (Å²) in [5, 5.41) is 9.14. The van der Waals surface area contributed by atoms with E-state index in [9.17, 15) is 9.59 Å². The first kappa shape index (κ1) is 16.2. The molecular weight excluding hydrogens is 272 g/mol. The molecule has 120 valence electrons. The van der Waals surface area contributed by atoms with Crippen molar-refractivity contribution in [1.29, 1.82) is 0 Å². The predicted octanol–water partition coefficient (Wildman–Crippen LogP) is 0.953. The molecule has 6 nitrogen and oxygen atoms in total. The lowest BCUT2D eigenvalue weighted by Gasteiger charge is -2.45. The maximum Gasteiger partial charge on any atom is 0.305 e. The van der Waals surface area contributed by atoms with Gasteiger partial charge in [-0.15, -0.1) is 0 Å². The second-order valence-corrected chi connectivity index (χ2v) is 5.96. The highest BCUT2D eigenvalue weighted by molar-refractivity contribution is 5.86. The molecular formula is C15H26N2O4. The van der Waals surface area contributed by atoms with Crippen LogP contribution in [0.2, 0.25) is 0 Å². The van der Waals surface area contributed by atoms with E-state index in [0.717, 1.165) is 19.4 Å². The number of hydrogen-bond donors (Lipinski definition) is 1. The highest BCUT2D eigenvalue weighted by Gasteiger charge is 2.39. The fourth-order valence-corrected chi connectivity index (χ4v) is 3.50. The molecule has 1 saturated carbocycles. The van der Waals surface area contributed by atoms with Crippen molar-refractivity contribution in [2.24, 2.45) is 0 Å². The first-order chi connectivity index (χ1) is 10.1. The van der Waals surface area contributed by atoms with Gasteiger partial charge in [-0.05, 0) is 12.8 Å². The standard InChI is InChI=1S/C15H26N2O4/c1-21-10-9-16-7-8-17(12-5-3-2-4-6-12)13(15(16)20)11-14(18)19/h12-13H,2-11H2,1H3,(H,18,19). The smallest absolute Gasteiger partial charge is 0.305 e. The molecule has 1 N–H and O–H groups in total. The van der Waals surface area contributed by atoms with Crippen LogP contribution in [0.5, 0.6) is 0 Å². The highest BCUT2D eigenvalue weighted by Crippen LogP contribution is 2.27. The number of piperazine rings is 1. The lowest BCUT2D eigenvalue weighted by molar-refractivity contribution is -0.151. The summed E-state index contributed by atoms with van der Waals surface area (Å²) >= 11 is 0. The van der Waals surface area contributed by atoms with Crippen LogP contribution in [0.15, 0.2) is 0 Å². The normalized spacial score (nSPS) is 25.3. The fraction of sp³-hybridized carbons (Fsp3) is 0.867. The van der Waals surface area contributed by atoms with Crippen molar-refractivity contribution in [3.8, 4) is 0 Å². The molecule has 0 aromatic heterocycles. The summed E-state index contributed by atoms with van der Waals surface area (Å²) in [7, 11) is 1.61. The third-order valence-electron chi connectivity index (χ3n) is 4.60. The van der Waals surface area contributed by atoms with Gasteiger partial charge in [0, 0.05) is 32.8 Å². The van der Waals surface area contributed by atoms with Gasteiger partial charge < -0.3 is 14.7 Å². The molecule has 1 atom stereocenters. The number of ether oxygens (including phenoxy) is 1. The number of amides is 1. The van der Waals surface area contributed by atoms with Gasteiger partial charge in [0.25, 0.3) is 0 Å². The van der Waals surface area contributed by atoms with Gasteiger partial charge in [-0.1, -0.05) is 19.3 Å². The number of carboxylic acids is 1. The monoisotopic (exact) mass is 298 g/mol. The molecule has 1 saturated heterocycles. The minimum absolute atomic E-state index is 0.0497. The summed E-state index contributed by atoms with van der Waals surface area (Å²) < 4.78 is 5.03. The Morgan fingerprint density at radius 3 is 2.62 bits per heavy atom. The SMILES string of the molecule is COCCN1CCN(C2CCCCC2)C(CC(=O)O)C1=O. The molecule has 1 aliphatic heterocycles. The van der Waals surface area contributed by atoms with Gasteiger partial charge in [0.1, 0.15) is 6.04 Å². The van der Waals surface area contributed by atoms with Crippen LogP contribution in [0.25, 0.3) is 0 Å². The van der Waals surface area contributed by atoms with Crippen LogP contribution >= 0.6 is 0 Å². The van der Waals surface area contributed by atoms with E-state index < -0.39 is 12.0 Å². The number of rotatable bonds is 6. The van der Waals surface area contributed by atoms with Crippen molar-refractivity contribution < 1.29 is 19.4 Å². The number of aliphatic carboxylic acids is 1. The predicted molar refractivity (Wildman–Crippen MR) is 78.1 cm³/mol. The van der Waals surface area contributed by atoms with Crippen LogP contribution in [-0.2, 0) is 14.3 Å². The lowest BCUT2D eigenvalue weighted by Crippen LogP contribution is -2.61. The van der Waals surface area contributed by atoms with E-state index >= 15 is 0 Å². The molecule has 0 aromatic carbocycles. The first-order valence-electron chi connectivity index (χ1n) is 7.88. The molecule has 1 amide bonds. The third kappa shape index (κ3) is 4.17. The first-order valence-corrected chi connectivity index (χ1v) is 7.88. The maximum atomic E-state index is 12.6. The number of hydrogen-bond acceptors (Lipinski definition) is 4. The van der Waals surface area contributed by atoms with E-state index in [2.05, 4.69) is 4.90 Å². The van der Waals surface area contributed by atoms with E-state index in [4.69, 9.17) is 9.84 Å². The summed E-state index contributed by atoms with van der Waals surface area (Å²) in [4.78, 5) is 27.6. The van der Waals surface area contributed by atoms with Crippen molar-refractivity contribution in [2.45, 2.75) is 50.6 Å². The van der Waals surface area contributed by atoms with Gasteiger partial charge >= 0.3 is 5.97 Å². The van der Waals surface area contributed by atoms with Crippen LogP contribution in [0.4, 0.5) is 0 Å². The van der Waals surface area contributed by atoms with E-state index in [0.29, 0.717) is 25.7 Å². The van der Waals surface area contributed by atoms with Crippen molar-refractivity contribution in [3.63, 3.8) is 0 Å². The Labute approximate surface area is 126 Å². The van der Waals surface area contributed by atoms with Gasteiger partial charge in [-0.2, -0.15) is 0 Å². The Balaban J connectivity index is 2.05. The summed E-state index contributed by atoms with van der Waals surface area (Å²) in [6, 6.07) is -0.132. The molecule has 0 spiro atoms. The van der Waals surface area contributed by atoms with Crippen LogP contribution < -0.4 is 0 Å². The third-order valence-corrected chi connectivity index (χ3v) is 4.60. The molecule has 2 fully saturated rings. The molecule has 6 heteroatoms. The lowest BCUT2D eigenvalue weighted by atomic mass is 9.91.